The van der Waals surface area contributed by atoms with E-state index in [1.165, 1.54) is 0 Å². The molecule has 0 fully saturated rings. The number of hydrogen-bond acceptors (Lipinski definition) is 5. The van der Waals surface area contributed by atoms with E-state index in [0.29, 0.717) is 11.0 Å². The van der Waals surface area contributed by atoms with Crippen molar-refractivity contribution >= 4 is 17.5 Å². The average Bonchev–Trinajstić information content (AvgIpc) is 2.47. The van der Waals surface area contributed by atoms with Gasteiger partial charge in [-0.15, -0.1) is 16.9 Å². The zero-order valence-corrected chi connectivity index (χ0v) is 8.58. The summed E-state index contributed by atoms with van der Waals surface area (Å²) in [7, 11) is 0. The second kappa shape index (κ2) is 3.41. The van der Waals surface area contributed by atoms with Gasteiger partial charge in [0.05, 0.1) is 6.20 Å². The summed E-state index contributed by atoms with van der Waals surface area (Å²) in [6.07, 6.45) is 1.67. The van der Waals surface area contributed by atoms with Gasteiger partial charge in [-0.25, -0.2) is 19.4 Å². The largest absolute Gasteiger partial charge is 0.378 e. The molecule has 6 nitrogen and oxygen atoms in total. The zero-order valence-electron chi connectivity index (χ0n) is 7.76. The fourth-order valence-electron chi connectivity index (χ4n) is 1.04. The van der Waals surface area contributed by atoms with Crippen LogP contribution in [-0.2, 0) is 0 Å². The second-order valence-corrected chi connectivity index (χ2v) is 4.61. The average molecular weight is 211 g/mol. The highest BCUT2D eigenvalue weighted by Gasteiger charge is 2.07. The molecule has 0 radical (unpaired) electrons. The van der Waals surface area contributed by atoms with Gasteiger partial charge in [0.2, 0.25) is 0 Å². The van der Waals surface area contributed by atoms with E-state index in [-0.39, 0.29) is 0 Å². The van der Waals surface area contributed by atoms with Crippen LogP contribution in [0.5, 0.6) is 0 Å². The van der Waals surface area contributed by atoms with Gasteiger partial charge in [0.25, 0.3) is 5.78 Å². The number of thioether (sulfide) groups is 1. The number of aromatic nitrogens is 5. The summed E-state index contributed by atoms with van der Waals surface area (Å²) in [6.45, 7) is 4.13. The molecule has 0 aliphatic rings. The Morgan fingerprint density at radius 2 is 2.29 bits per heavy atom. The van der Waals surface area contributed by atoms with Crippen LogP contribution >= 0.6 is 11.8 Å². The third-order valence-electron chi connectivity index (χ3n) is 1.51. The number of hydrogen-bond donors (Lipinski definition) is 1. The molecule has 2 aromatic rings. The van der Waals surface area contributed by atoms with Crippen molar-refractivity contribution in [2.24, 2.45) is 0 Å². The Kier molecular flexibility index (Phi) is 2.24. The van der Waals surface area contributed by atoms with Crippen LogP contribution in [0.2, 0.25) is 0 Å². The monoisotopic (exact) mass is 211 g/mol. The first-order valence-corrected chi connectivity index (χ1v) is 5.02. The minimum absolute atomic E-state index is 0.410. The van der Waals surface area contributed by atoms with Crippen LogP contribution < -0.4 is 5.69 Å². The number of fused-ring (bicyclic) bond motifs is 1. The molecule has 2 aromatic heterocycles. The van der Waals surface area contributed by atoms with Gasteiger partial charge in [-0.3, -0.25) is 0 Å². The van der Waals surface area contributed by atoms with Crippen LogP contribution in [-0.4, -0.2) is 30.0 Å². The molecule has 0 aliphatic heterocycles. The minimum Gasteiger partial charge on any atom is -0.243 e. The molecule has 0 saturated heterocycles. The van der Waals surface area contributed by atoms with Gasteiger partial charge >= 0.3 is 5.69 Å². The Bertz CT molecular complexity index is 502. The topological polar surface area (TPSA) is 75.9 Å². The minimum atomic E-state index is -0.471. The highest BCUT2D eigenvalue weighted by Crippen LogP contribution is 2.21. The van der Waals surface area contributed by atoms with Crippen LogP contribution in [0.1, 0.15) is 13.8 Å². The molecule has 0 amide bonds. The van der Waals surface area contributed by atoms with Crippen molar-refractivity contribution in [2.75, 3.05) is 0 Å². The molecule has 2 rings (SSSR count). The molecule has 14 heavy (non-hydrogen) atoms. The van der Waals surface area contributed by atoms with Gasteiger partial charge in [-0.1, -0.05) is 18.9 Å². The smallest absolute Gasteiger partial charge is 0.243 e. The first-order valence-electron chi connectivity index (χ1n) is 4.14. The summed E-state index contributed by atoms with van der Waals surface area (Å²) in [5.41, 5.74) is -0.471. The second-order valence-electron chi connectivity index (χ2n) is 3.02. The van der Waals surface area contributed by atoms with Gasteiger partial charge in [-0.05, 0) is 0 Å². The molecule has 1 N–H and O–H groups in total. The normalized spacial score (nSPS) is 11.4. The molecule has 0 saturated carbocycles. The Labute approximate surface area is 83.7 Å². The lowest BCUT2D eigenvalue weighted by atomic mass is 10.6. The Morgan fingerprint density at radius 1 is 1.50 bits per heavy atom. The van der Waals surface area contributed by atoms with E-state index in [4.69, 9.17) is 0 Å². The Morgan fingerprint density at radius 3 is 3.00 bits per heavy atom. The van der Waals surface area contributed by atoms with Gasteiger partial charge < -0.3 is 0 Å². The molecular formula is C7H9N5OS. The number of aromatic amines is 1. The van der Waals surface area contributed by atoms with Crippen molar-refractivity contribution < 1.29 is 0 Å². The summed E-state index contributed by atoms with van der Waals surface area (Å²) in [6, 6.07) is 0. The van der Waals surface area contributed by atoms with Crippen molar-refractivity contribution in [2.45, 2.75) is 24.1 Å². The lowest BCUT2D eigenvalue weighted by Gasteiger charge is -2.02. The summed E-state index contributed by atoms with van der Waals surface area (Å²) in [4.78, 5) is 14.9. The van der Waals surface area contributed by atoms with Crippen molar-refractivity contribution in [1.82, 2.24) is 24.8 Å². The first kappa shape index (κ1) is 9.20. The summed E-state index contributed by atoms with van der Waals surface area (Å²) in [5.74, 6) is 0.410. The third-order valence-corrected chi connectivity index (χ3v) is 2.51. The maximum Gasteiger partial charge on any atom is 0.378 e. The van der Waals surface area contributed by atoms with Gasteiger partial charge in [0.15, 0.2) is 0 Å². The van der Waals surface area contributed by atoms with Crippen molar-refractivity contribution in [3.05, 3.63) is 16.7 Å². The fraction of sp³-hybridized carbons (Fsp3) is 0.429. The van der Waals surface area contributed by atoms with E-state index >= 15 is 0 Å². The lowest BCUT2D eigenvalue weighted by molar-refractivity contribution is 0.743. The van der Waals surface area contributed by atoms with Crippen LogP contribution in [0.4, 0.5) is 0 Å². The predicted molar refractivity (Wildman–Crippen MR) is 52.4 cm³/mol. The molecular weight excluding hydrogens is 202 g/mol. The number of nitrogens with zero attached hydrogens (tertiary/aromatic N) is 4. The number of imidazole rings is 1. The number of H-pyrrole nitrogens is 1. The highest BCUT2D eigenvalue weighted by molar-refractivity contribution is 7.99. The molecule has 0 spiro atoms. The predicted octanol–water partition coefficient (Wildman–Crippen LogP) is 0.313. The highest BCUT2D eigenvalue weighted by atomic mass is 32.2. The SMILES string of the molecule is CC(C)Sc1cnc2nnc(=O)[nH]n12. The van der Waals surface area contributed by atoms with E-state index < -0.39 is 5.69 Å². The van der Waals surface area contributed by atoms with Crippen molar-refractivity contribution in [1.29, 1.82) is 0 Å². The Balaban J connectivity index is 2.55. The first-order chi connectivity index (χ1) is 6.66. The standard InChI is InChI=1S/C7H9N5OS/c1-4(2)14-5-3-8-6-9-10-7(13)11-12(5)6/h3-4H,1-2H3,(H,11,13). The van der Waals surface area contributed by atoms with Crippen molar-refractivity contribution in [3.8, 4) is 0 Å². The van der Waals surface area contributed by atoms with Crippen LogP contribution in [0.3, 0.4) is 0 Å². The summed E-state index contributed by atoms with van der Waals surface area (Å²) in [5, 5.41) is 10.8. The van der Waals surface area contributed by atoms with Crippen LogP contribution in [0, 0.1) is 0 Å². The molecule has 0 unspecified atom stereocenters. The zero-order chi connectivity index (χ0) is 10.1. The Hall–Kier alpha value is -1.37. The molecule has 0 aromatic carbocycles. The molecule has 0 atom stereocenters. The maximum atomic E-state index is 10.9. The molecule has 0 aliphatic carbocycles. The number of rotatable bonds is 2. The fourth-order valence-corrected chi connectivity index (χ4v) is 1.86. The maximum absolute atomic E-state index is 10.9. The molecule has 2 heterocycles. The van der Waals surface area contributed by atoms with E-state index in [1.807, 2.05) is 0 Å². The summed E-state index contributed by atoms with van der Waals surface area (Å²) < 4.78 is 1.54. The molecule has 0 bridgehead atoms. The molecule has 7 heteroatoms. The van der Waals surface area contributed by atoms with Crippen LogP contribution in [0.25, 0.3) is 5.78 Å². The number of nitrogens with one attached hydrogen (secondary N) is 1. The quantitative estimate of drug-likeness (QED) is 0.724. The van der Waals surface area contributed by atoms with Gasteiger partial charge in [-0.2, -0.15) is 0 Å². The van der Waals surface area contributed by atoms with Crippen LogP contribution in [0.15, 0.2) is 16.0 Å². The summed E-state index contributed by atoms with van der Waals surface area (Å²) >= 11 is 1.61. The van der Waals surface area contributed by atoms with Gasteiger partial charge in [0.1, 0.15) is 5.03 Å². The van der Waals surface area contributed by atoms with Gasteiger partial charge in [0, 0.05) is 5.25 Å². The van der Waals surface area contributed by atoms with Crippen molar-refractivity contribution in [3.63, 3.8) is 0 Å². The third kappa shape index (κ3) is 1.63. The van der Waals surface area contributed by atoms with E-state index in [2.05, 4.69) is 34.1 Å². The molecule has 74 valence electrons. The van der Waals surface area contributed by atoms with E-state index in [0.717, 1.165) is 5.03 Å². The van der Waals surface area contributed by atoms with E-state index in [1.54, 1.807) is 22.5 Å². The lowest BCUT2D eigenvalue weighted by Crippen LogP contribution is -2.17. The van der Waals surface area contributed by atoms with E-state index in [9.17, 15) is 4.79 Å².